The van der Waals surface area contributed by atoms with Crippen LogP contribution in [0.2, 0.25) is 5.02 Å². The molecule has 0 aliphatic heterocycles. The van der Waals surface area contributed by atoms with Gasteiger partial charge in [0.1, 0.15) is 22.3 Å². The van der Waals surface area contributed by atoms with Crippen LogP contribution in [0.15, 0.2) is 71.6 Å². The van der Waals surface area contributed by atoms with Crippen LogP contribution in [0.3, 0.4) is 0 Å². The summed E-state index contributed by atoms with van der Waals surface area (Å²) in [7, 11) is -2.62. The molecule has 0 aliphatic rings. The molecule has 3 N–H and O–H groups in total. The van der Waals surface area contributed by atoms with Gasteiger partial charge in [-0.05, 0) is 80.1 Å². The third-order valence-corrected chi connectivity index (χ3v) is 6.88. The maximum atomic E-state index is 13.2. The van der Waals surface area contributed by atoms with Crippen molar-refractivity contribution in [2.45, 2.75) is 18.7 Å². The molecule has 0 unspecified atom stereocenters. The first-order valence-corrected chi connectivity index (χ1v) is 12.6. The quantitative estimate of drug-likeness (QED) is 0.251. The van der Waals surface area contributed by atoms with Crippen LogP contribution in [0, 0.1) is 19.7 Å². The van der Waals surface area contributed by atoms with Gasteiger partial charge >= 0.3 is 0 Å². The van der Waals surface area contributed by atoms with Crippen LogP contribution < -0.4 is 20.1 Å². The lowest BCUT2D eigenvalue weighted by molar-refractivity contribution is 0.402. The van der Waals surface area contributed by atoms with E-state index in [1.54, 1.807) is 61.5 Å². The number of halogens is 2. The number of aromatic nitrogens is 2. The molecular weight excluding hydrogens is 505 g/mol. The molecule has 3 aromatic carbocycles. The van der Waals surface area contributed by atoms with Gasteiger partial charge in [0, 0.05) is 28.8 Å². The Kier molecular flexibility index (Phi) is 7.27. The number of nitrogens with one attached hydrogen (secondary N) is 3. The Balaban J connectivity index is 1.50. The number of rotatable bonds is 8. The first-order chi connectivity index (χ1) is 17.1. The molecule has 0 atom stereocenters. The molecule has 0 radical (unpaired) electrons. The van der Waals surface area contributed by atoms with Crippen molar-refractivity contribution >= 4 is 50.5 Å². The number of hydrogen-bond acceptors (Lipinski definition) is 7. The van der Waals surface area contributed by atoms with E-state index in [0.717, 1.165) is 5.56 Å². The van der Waals surface area contributed by atoms with Gasteiger partial charge in [0.2, 0.25) is 5.95 Å². The molecule has 36 heavy (non-hydrogen) atoms. The predicted octanol–water partition coefficient (Wildman–Crippen LogP) is 6.18. The van der Waals surface area contributed by atoms with Crippen LogP contribution >= 0.6 is 11.6 Å². The van der Waals surface area contributed by atoms with Crippen LogP contribution in [0.5, 0.6) is 5.75 Å². The van der Waals surface area contributed by atoms with Crippen LogP contribution in [0.1, 0.15) is 11.3 Å². The van der Waals surface area contributed by atoms with Gasteiger partial charge in [-0.3, -0.25) is 4.72 Å². The van der Waals surface area contributed by atoms with Gasteiger partial charge in [-0.2, -0.15) is 4.98 Å². The van der Waals surface area contributed by atoms with Gasteiger partial charge in [-0.1, -0.05) is 11.6 Å². The number of anilines is 5. The van der Waals surface area contributed by atoms with Crippen molar-refractivity contribution in [2.24, 2.45) is 0 Å². The minimum atomic E-state index is -4.00. The van der Waals surface area contributed by atoms with Crippen molar-refractivity contribution < 1.29 is 17.5 Å². The normalized spacial score (nSPS) is 11.1. The second-order valence-electron chi connectivity index (χ2n) is 7.94. The number of ether oxygens (including phenoxy) is 1. The zero-order valence-corrected chi connectivity index (χ0v) is 21.2. The van der Waals surface area contributed by atoms with E-state index in [1.807, 2.05) is 6.92 Å². The molecule has 11 heteroatoms. The summed E-state index contributed by atoms with van der Waals surface area (Å²) < 4.78 is 46.9. The Morgan fingerprint density at radius 3 is 2.14 bits per heavy atom. The largest absolute Gasteiger partial charge is 0.495 e. The van der Waals surface area contributed by atoms with Gasteiger partial charge < -0.3 is 15.4 Å². The summed E-state index contributed by atoms with van der Waals surface area (Å²) in [4.78, 5) is 8.69. The summed E-state index contributed by atoms with van der Waals surface area (Å²) in [6.45, 7) is 3.62. The number of nitrogens with zero attached hydrogens (tertiary/aromatic N) is 2. The lowest BCUT2D eigenvalue weighted by Crippen LogP contribution is -2.15. The van der Waals surface area contributed by atoms with E-state index in [9.17, 15) is 12.8 Å². The molecule has 4 aromatic rings. The average molecular weight is 528 g/mol. The van der Waals surface area contributed by atoms with Gasteiger partial charge in [0.15, 0.2) is 0 Å². The highest BCUT2D eigenvalue weighted by Gasteiger charge is 2.24. The third-order valence-electron chi connectivity index (χ3n) is 5.01. The lowest BCUT2D eigenvalue weighted by atomic mass is 10.2. The lowest BCUT2D eigenvalue weighted by Gasteiger charge is -2.14. The van der Waals surface area contributed by atoms with E-state index in [0.29, 0.717) is 34.5 Å². The van der Waals surface area contributed by atoms with Crippen LogP contribution in [0.4, 0.5) is 33.2 Å². The fourth-order valence-corrected chi connectivity index (χ4v) is 5.28. The molecule has 186 valence electrons. The van der Waals surface area contributed by atoms with Crippen molar-refractivity contribution in [3.63, 3.8) is 0 Å². The van der Waals surface area contributed by atoms with E-state index < -0.39 is 10.0 Å². The molecule has 1 heterocycles. The Morgan fingerprint density at radius 1 is 0.861 bits per heavy atom. The first-order valence-electron chi connectivity index (χ1n) is 10.8. The molecule has 0 saturated heterocycles. The van der Waals surface area contributed by atoms with Gasteiger partial charge in [0.05, 0.1) is 12.1 Å². The summed E-state index contributed by atoms with van der Waals surface area (Å²) in [5, 5.41) is 6.27. The zero-order chi connectivity index (χ0) is 25.9. The minimum Gasteiger partial charge on any atom is -0.495 e. The topological polar surface area (TPSA) is 105 Å². The molecule has 0 bridgehead atoms. The SMILES string of the molecule is COc1cc(C)cc(Cl)c1S(=O)(=O)Nc1ccc(Nc2nc(C)cc(Nc3ccc(F)cc3)n2)cc1. The van der Waals surface area contributed by atoms with E-state index in [1.165, 1.54) is 19.2 Å². The molecule has 0 saturated carbocycles. The summed E-state index contributed by atoms with van der Waals surface area (Å²) >= 11 is 6.22. The molecule has 0 fully saturated rings. The molecule has 1 aromatic heterocycles. The Labute approximate surface area is 213 Å². The minimum absolute atomic E-state index is 0.0688. The van der Waals surface area contributed by atoms with Crippen molar-refractivity contribution in [2.75, 3.05) is 22.5 Å². The highest BCUT2D eigenvalue weighted by Crippen LogP contribution is 2.34. The summed E-state index contributed by atoms with van der Waals surface area (Å²) in [5.41, 5.74) is 3.15. The van der Waals surface area contributed by atoms with Crippen LogP contribution in [-0.4, -0.2) is 25.5 Å². The van der Waals surface area contributed by atoms with Crippen molar-refractivity contribution in [1.82, 2.24) is 9.97 Å². The van der Waals surface area contributed by atoms with E-state index in [-0.39, 0.29) is 21.5 Å². The number of benzene rings is 3. The standard InChI is InChI=1S/C25H23ClFN5O3S/c1-15-12-21(26)24(22(13-15)35-3)36(33,34)32-20-10-8-19(9-11-20)30-25-28-16(2)14-23(31-25)29-18-6-4-17(27)5-7-18/h4-14,32H,1-3H3,(H2,28,29,30,31). The second kappa shape index (κ2) is 10.4. The van der Waals surface area contributed by atoms with Crippen LogP contribution in [0.25, 0.3) is 0 Å². The number of sulfonamides is 1. The average Bonchev–Trinajstić information content (AvgIpc) is 2.80. The van der Waals surface area contributed by atoms with Crippen molar-refractivity contribution in [3.8, 4) is 5.75 Å². The fourth-order valence-electron chi connectivity index (χ4n) is 3.44. The predicted molar refractivity (Wildman–Crippen MR) is 140 cm³/mol. The van der Waals surface area contributed by atoms with E-state index >= 15 is 0 Å². The molecule has 4 rings (SSSR count). The first kappa shape index (κ1) is 25.2. The molecule has 0 aliphatic carbocycles. The van der Waals surface area contributed by atoms with Gasteiger partial charge in [-0.15, -0.1) is 0 Å². The monoisotopic (exact) mass is 527 g/mol. The highest BCUT2D eigenvalue weighted by atomic mass is 35.5. The molecular formula is C25H23ClFN5O3S. The Hall–Kier alpha value is -3.89. The second-order valence-corrected chi connectivity index (χ2v) is 9.96. The van der Waals surface area contributed by atoms with E-state index in [4.69, 9.17) is 16.3 Å². The zero-order valence-electron chi connectivity index (χ0n) is 19.6. The van der Waals surface area contributed by atoms with Crippen molar-refractivity contribution in [3.05, 3.63) is 88.8 Å². The summed E-state index contributed by atoms with van der Waals surface area (Å²) in [6.07, 6.45) is 0. The maximum Gasteiger partial charge on any atom is 0.267 e. The molecule has 8 nitrogen and oxygen atoms in total. The van der Waals surface area contributed by atoms with Gasteiger partial charge in [0.25, 0.3) is 10.0 Å². The van der Waals surface area contributed by atoms with Crippen LogP contribution in [-0.2, 0) is 10.0 Å². The molecule has 0 amide bonds. The maximum absolute atomic E-state index is 13.2. The van der Waals surface area contributed by atoms with Gasteiger partial charge in [-0.25, -0.2) is 17.8 Å². The number of methoxy groups -OCH3 is 1. The van der Waals surface area contributed by atoms with E-state index in [2.05, 4.69) is 25.3 Å². The number of aryl methyl sites for hydroxylation is 2. The third kappa shape index (κ3) is 6.02. The van der Waals surface area contributed by atoms with Crippen molar-refractivity contribution in [1.29, 1.82) is 0 Å². The molecule has 0 spiro atoms. The Bertz CT molecular complexity index is 1500. The summed E-state index contributed by atoms with van der Waals surface area (Å²) in [6, 6.07) is 17.4. The number of hydrogen-bond donors (Lipinski definition) is 3. The summed E-state index contributed by atoms with van der Waals surface area (Å²) in [5.74, 6) is 0.704. The Morgan fingerprint density at radius 2 is 1.47 bits per heavy atom. The fraction of sp³-hybridized carbons (Fsp3) is 0.120. The highest BCUT2D eigenvalue weighted by molar-refractivity contribution is 7.93. The smallest absolute Gasteiger partial charge is 0.267 e.